The summed E-state index contributed by atoms with van der Waals surface area (Å²) in [5.41, 5.74) is 0. The molecule has 0 unspecified atom stereocenters. The molecule has 40 valence electrons. The summed E-state index contributed by atoms with van der Waals surface area (Å²) < 4.78 is 0. The Labute approximate surface area is 87.0 Å². The Morgan fingerprint density at radius 1 is 0.750 bits per heavy atom. The first-order chi connectivity index (χ1) is 2.00. The number of hydrogen-bond acceptors (Lipinski definition) is 4. The molecular formula is H6Li2O4SiTi. The van der Waals surface area contributed by atoms with Crippen LogP contribution in [0.3, 0.4) is 0 Å². The van der Waals surface area contributed by atoms with E-state index in [4.69, 9.17) is 19.2 Å². The Morgan fingerprint density at radius 3 is 0.750 bits per heavy atom. The molecule has 0 heterocycles. The van der Waals surface area contributed by atoms with Crippen LogP contribution in [0.25, 0.3) is 0 Å². The molecule has 0 aromatic carbocycles. The van der Waals surface area contributed by atoms with Gasteiger partial charge in [0.2, 0.25) is 0 Å². The zero-order valence-corrected chi connectivity index (χ0v) is 5.35. The Hall–Kier alpha value is 1.97. The molecule has 0 bridgehead atoms. The summed E-state index contributed by atoms with van der Waals surface area (Å²) >= 11 is 0. The number of hydrogen-bond donors (Lipinski definition) is 4. The summed E-state index contributed by atoms with van der Waals surface area (Å²) in [6.45, 7) is 0. The SMILES string of the molecule is O[Si](O)(O)O.[LiH].[LiH].[Ti]. The quantitative estimate of drug-likeness (QED) is 0.273. The molecule has 0 aliphatic heterocycles. The van der Waals surface area contributed by atoms with Gasteiger partial charge in [-0.15, -0.1) is 0 Å². The van der Waals surface area contributed by atoms with Crippen LogP contribution in [-0.4, -0.2) is 66.0 Å². The Bertz CT molecular complexity index is 29.5. The first kappa shape index (κ1) is 22.5. The molecule has 4 nitrogen and oxygen atoms in total. The van der Waals surface area contributed by atoms with Gasteiger partial charge in [-0.1, -0.05) is 0 Å². The first-order valence-corrected chi connectivity index (χ1v) is 2.68. The van der Waals surface area contributed by atoms with Crippen molar-refractivity contribution in [2.45, 2.75) is 0 Å². The van der Waals surface area contributed by atoms with Crippen LogP contribution < -0.4 is 0 Å². The topological polar surface area (TPSA) is 80.9 Å². The van der Waals surface area contributed by atoms with E-state index in [2.05, 4.69) is 0 Å². The summed E-state index contributed by atoms with van der Waals surface area (Å²) in [4.78, 5) is 29.3. The van der Waals surface area contributed by atoms with E-state index >= 15 is 0 Å². The van der Waals surface area contributed by atoms with Crippen molar-refractivity contribution in [2.24, 2.45) is 0 Å². The second kappa shape index (κ2) is 8.97. The van der Waals surface area contributed by atoms with Crippen LogP contribution in [0.2, 0.25) is 0 Å². The molecule has 0 aliphatic carbocycles. The molecule has 0 fully saturated rings. The Morgan fingerprint density at radius 2 is 0.750 bits per heavy atom. The second-order valence-corrected chi connectivity index (χ2v) is 1.80. The predicted octanol–water partition coefficient (Wildman–Crippen LogP) is -3.91. The van der Waals surface area contributed by atoms with Crippen molar-refractivity contribution < 1.29 is 40.9 Å². The summed E-state index contributed by atoms with van der Waals surface area (Å²) in [7, 11) is -4.61. The standard InChI is InChI=1S/2Li.H4O4Si.Ti.2H/c;;1-5(2,3)4;;;/h;;1-4H;;;. The van der Waals surface area contributed by atoms with Gasteiger partial charge in [0.1, 0.15) is 0 Å². The second-order valence-electron chi connectivity index (χ2n) is 0.600. The zero-order valence-electron chi connectivity index (χ0n) is 2.79. The minimum atomic E-state index is -4.61. The molecular weight excluding hydrogens is 154 g/mol. The van der Waals surface area contributed by atoms with E-state index in [0.717, 1.165) is 0 Å². The van der Waals surface area contributed by atoms with E-state index < -0.39 is 9.05 Å². The van der Waals surface area contributed by atoms with Crippen molar-refractivity contribution in [3.63, 3.8) is 0 Å². The average molecular weight is 160 g/mol. The van der Waals surface area contributed by atoms with Gasteiger partial charge in [0.15, 0.2) is 0 Å². The third kappa shape index (κ3) is 100. The van der Waals surface area contributed by atoms with Gasteiger partial charge >= 0.3 is 46.8 Å². The zero-order chi connectivity index (χ0) is 4.50. The largest absolute Gasteiger partial charge is 0 e. The van der Waals surface area contributed by atoms with E-state index in [1.54, 1.807) is 0 Å². The molecule has 0 spiro atoms. The Kier molecular flexibility index (Phi) is 25.2. The molecule has 0 amide bonds. The summed E-state index contributed by atoms with van der Waals surface area (Å²) in [6, 6.07) is 0. The molecule has 0 aromatic heterocycles. The van der Waals surface area contributed by atoms with Gasteiger partial charge in [0.25, 0.3) is 0 Å². The van der Waals surface area contributed by atoms with Gasteiger partial charge in [-0.05, 0) is 0 Å². The average Bonchev–Trinajstić information content (AvgIpc) is 0.722. The normalized spacial score (nSPS) is 7.50. The van der Waals surface area contributed by atoms with Crippen LogP contribution in [0.15, 0.2) is 0 Å². The van der Waals surface area contributed by atoms with Crippen molar-refractivity contribution in [2.75, 3.05) is 0 Å². The van der Waals surface area contributed by atoms with E-state index in [9.17, 15) is 0 Å². The van der Waals surface area contributed by atoms with Crippen LogP contribution in [0, 0.1) is 0 Å². The maximum Gasteiger partial charge on any atom is 0 e. The van der Waals surface area contributed by atoms with Crippen molar-refractivity contribution in [1.29, 1.82) is 0 Å². The van der Waals surface area contributed by atoms with E-state index in [1.165, 1.54) is 0 Å². The van der Waals surface area contributed by atoms with Crippen molar-refractivity contribution in [3.8, 4) is 0 Å². The first-order valence-electron chi connectivity index (χ1n) is 0.894. The van der Waals surface area contributed by atoms with E-state index in [-0.39, 0.29) is 59.4 Å². The molecule has 0 saturated carbocycles. The van der Waals surface area contributed by atoms with Gasteiger partial charge in [-0.2, -0.15) is 0 Å². The fourth-order valence-electron chi connectivity index (χ4n) is 0. The molecule has 8 heavy (non-hydrogen) atoms. The maximum absolute atomic E-state index is 7.33. The van der Waals surface area contributed by atoms with Crippen molar-refractivity contribution in [3.05, 3.63) is 0 Å². The number of rotatable bonds is 0. The molecule has 0 rings (SSSR count). The monoisotopic (exact) mass is 160 g/mol. The van der Waals surface area contributed by atoms with Crippen LogP contribution in [0.4, 0.5) is 0 Å². The third-order valence-corrected chi connectivity index (χ3v) is 0. The predicted molar refractivity (Wildman–Crippen MR) is 28.9 cm³/mol. The maximum atomic E-state index is 7.33. The van der Waals surface area contributed by atoms with Crippen molar-refractivity contribution >= 4 is 46.8 Å². The summed E-state index contributed by atoms with van der Waals surface area (Å²) in [5, 5.41) is 0. The third-order valence-electron chi connectivity index (χ3n) is 0. The molecule has 8 heteroatoms. The molecule has 4 N–H and O–H groups in total. The molecule has 0 radical (unpaired) electrons. The van der Waals surface area contributed by atoms with Gasteiger partial charge < -0.3 is 19.2 Å². The minimum Gasteiger partial charge on any atom is 0 e. The summed E-state index contributed by atoms with van der Waals surface area (Å²) in [6.07, 6.45) is 0. The van der Waals surface area contributed by atoms with Gasteiger partial charge in [0.05, 0.1) is 0 Å². The summed E-state index contributed by atoms with van der Waals surface area (Å²) in [5.74, 6) is 0. The smallest absolute Gasteiger partial charge is 0 e. The fourth-order valence-corrected chi connectivity index (χ4v) is 0. The molecule has 0 atom stereocenters. The minimum absolute atomic E-state index is 0. The van der Waals surface area contributed by atoms with Gasteiger partial charge in [-0.3, -0.25) is 0 Å². The Balaban J connectivity index is -0.0000000267. The molecule has 0 saturated heterocycles. The van der Waals surface area contributed by atoms with Crippen LogP contribution >= 0.6 is 0 Å². The van der Waals surface area contributed by atoms with E-state index in [1.807, 2.05) is 0 Å². The van der Waals surface area contributed by atoms with Crippen LogP contribution in [0.1, 0.15) is 0 Å². The van der Waals surface area contributed by atoms with Gasteiger partial charge in [0, 0.05) is 21.7 Å². The van der Waals surface area contributed by atoms with Crippen molar-refractivity contribution in [1.82, 2.24) is 0 Å². The van der Waals surface area contributed by atoms with Crippen LogP contribution in [-0.2, 0) is 21.7 Å². The van der Waals surface area contributed by atoms with Gasteiger partial charge in [-0.25, -0.2) is 0 Å². The van der Waals surface area contributed by atoms with Crippen LogP contribution in [0.5, 0.6) is 0 Å². The fraction of sp³-hybridized carbons (Fsp3) is 0. The molecule has 0 aliphatic rings. The molecule has 0 aromatic rings. The van der Waals surface area contributed by atoms with E-state index in [0.29, 0.717) is 0 Å².